The van der Waals surface area contributed by atoms with Gasteiger partial charge in [-0.3, -0.25) is 19.3 Å². The normalized spacial score (nSPS) is 14.3. The van der Waals surface area contributed by atoms with Crippen LogP contribution in [-0.2, 0) is 4.79 Å². The summed E-state index contributed by atoms with van der Waals surface area (Å²) in [5.74, 6) is -0.939. The molecule has 1 aromatic heterocycles. The number of aromatic nitrogens is 1. The predicted molar refractivity (Wildman–Crippen MR) is 150 cm³/mol. The highest BCUT2D eigenvalue weighted by molar-refractivity contribution is 7.09. The van der Waals surface area contributed by atoms with Crippen molar-refractivity contribution in [2.45, 2.75) is 51.1 Å². The topological polar surface area (TPSA) is 150 Å². The van der Waals surface area contributed by atoms with E-state index in [1.54, 1.807) is 18.2 Å². The van der Waals surface area contributed by atoms with Crippen LogP contribution in [0.2, 0.25) is 0 Å². The Balaban J connectivity index is 1.88. The van der Waals surface area contributed by atoms with Gasteiger partial charge in [-0.25, -0.2) is 0 Å². The molecule has 0 aliphatic heterocycles. The predicted octanol–water partition coefficient (Wildman–Crippen LogP) is 3.99. The quantitative estimate of drug-likeness (QED) is 0.364. The molecule has 1 aliphatic carbocycles. The van der Waals surface area contributed by atoms with Crippen molar-refractivity contribution in [3.63, 3.8) is 0 Å². The number of amides is 3. The lowest BCUT2D eigenvalue weighted by atomic mass is 9.94. The molecule has 1 aliphatic rings. The number of methoxy groups -OCH3 is 2. The number of nitrogens with one attached hydrogen (secondary N) is 1. The first kappa shape index (κ1) is 27.9. The van der Waals surface area contributed by atoms with Crippen LogP contribution in [0.3, 0.4) is 0 Å². The maximum Gasteiger partial charge on any atom is 0.273 e. The highest BCUT2D eigenvalue weighted by atomic mass is 32.1. The SMILES string of the molecule is COc1ccc(N(C(=O)c2snc(C(N)=O)c2N)C(C(=O)NC2CCCCC2)c2ccc(C)cc2)cc1OC. The minimum absolute atomic E-state index is 0.00108. The Hall–Kier alpha value is -4.12. The Morgan fingerprint density at radius 1 is 1.03 bits per heavy atom. The van der Waals surface area contributed by atoms with Crippen molar-refractivity contribution in [1.29, 1.82) is 0 Å². The van der Waals surface area contributed by atoms with Crippen LogP contribution in [0.15, 0.2) is 42.5 Å². The molecule has 10 nitrogen and oxygen atoms in total. The van der Waals surface area contributed by atoms with Gasteiger partial charge in [-0.05, 0) is 49.0 Å². The van der Waals surface area contributed by atoms with E-state index in [4.69, 9.17) is 20.9 Å². The maximum absolute atomic E-state index is 14.2. The summed E-state index contributed by atoms with van der Waals surface area (Å²) in [7, 11) is 3.00. The summed E-state index contributed by atoms with van der Waals surface area (Å²) in [5, 5.41) is 3.17. The Morgan fingerprint density at radius 2 is 1.69 bits per heavy atom. The summed E-state index contributed by atoms with van der Waals surface area (Å²) < 4.78 is 14.9. The molecule has 1 unspecified atom stereocenters. The van der Waals surface area contributed by atoms with Gasteiger partial charge in [0.05, 0.1) is 19.9 Å². The molecule has 39 heavy (non-hydrogen) atoms. The van der Waals surface area contributed by atoms with Crippen LogP contribution in [0.4, 0.5) is 11.4 Å². The molecule has 0 radical (unpaired) electrons. The molecule has 3 amide bonds. The molecule has 11 heteroatoms. The van der Waals surface area contributed by atoms with Crippen molar-refractivity contribution in [2.75, 3.05) is 24.9 Å². The van der Waals surface area contributed by atoms with Crippen LogP contribution >= 0.6 is 11.5 Å². The Kier molecular flexibility index (Phi) is 8.70. The van der Waals surface area contributed by atoms with E-state index in [0.29, 0.717) is 22.7 Å². The van der Waals surface area contributed by atoms with Crippen LogP contribution in [0.1, 0.15) is 69.4 Å². The molecule has 0 bridgehead atoms. The summed E-state index contributed by atoms with van der Waals surface area (Å²) in [5.41, 5.74) is 13.2. The average molecular weight is 552 g/mol. The monoisotopic (exact) mass is 551 g/mol. The highest BCUT2D eigenvalue weighted by Gasteiger charge is 2.37. The summed E-state index contributed by atoms with van der Waals surface area (Å²) >= 11 is 0.761. The number of hydrogen-bond donors (Lipinski definition) is 3. The second kappa shape index (κ2) is 12.2. The molecule has 206 valence electrons. The summed E-state index contributed by atoms with van der Waals surface area (Å²) in [6.07, 6.45) is 4.95. The lowest BCUT2D eigenvalue weighted by Crippen LogP contribution is -2.47. The van der Waals surface area contributed by atoms with E-state index in [-0.39, 0.29) is 28.2 Å². The van der Waals surface area contributed by atoms with E-state index in [1.165, 1.54) is 19.1 Å². The third-order valence-electron chi connectivity index (χ3n) is 6.87. The van der Waals surface area contributed by atoms with E-state index >= 15 is 0 Å². The average Bonchev–Trinajstić information content (AvgIpc) is 3.33. The molecular weight excluding hydrogens is 518 g/mol. The number of aryl methyl sites for hydroxylation is 1. The van der Waals surface area contributed by atoms with Gasteiger partial charge in [0.2, 0.25) is 5.91 Å². The van der Waals surface area contributed by atoms with Crippen molar-refractivity contribution in [1.82, 2.24) is 9.69 Å². The minimum atomic E-state index is -1.06. The zero-order valence-corrected chi connectivity index (χ0v) is 23.0. The van der Waals surface area contributed by atoms with Crippen LogP contribution in [-0.4, -0.2) is 42.4 Å². The van der Waals surface area contributed by atoms with Gasteiger partial charge in [0.25, 0.3) is 11.8 Å². The maximum atomic E-state index is 14.2. The van der Waals surface area contributed by atoms with Gasteiger partial charge in [-0.1, -0.05) is 49.1 Å². The van der Waals surface area contributed by atoms with Crippen LogP contribution < -0.4 is 31.2 Å². The number of nitrogen functional groups attached to an aromatic ring is 1. The number of anilines is 2. The molecule has 3 aromatic rings. The summed E-state index contributed by atoms with van der Waals surface area (Å²) in [6, 6.07) is 11.3. The third-order valence-corrected chi connectivity index (χ3v) is 7.72. The highest BCUT2D eigenvalue weighted by Crippen LogP contribution is 2.38. The van der Waals surface area contributed by atoms with Gasteiger partial charge in [-0.2, -0.15) is 4.37 Å². The van der Waals surface area contributed by atoms with Crippen molar-refractivity contribution >= 4 is 40.6 Å². The molecule has 2 aromatic carbocycles. The fraction of sp³-hybridized carbons (Fsp3) is 0.357. The largest absolute Gasteiger partial charge is 0.493 e. The second-order valence-electron chi connectivity index (χ2n) is 9.51. The number of ether oxygens (including phenoxy) is 2. The first-order valence-corrected chi connectivity index (χ1v) is 13.5. The zero-order chi connectivity index (χ0) is 28.1. The molecule has 5 N–H and O–H groups in total. The van der Waals surface area contributed by atoms with Crippen LogP contribution in [0, 0.1) is 6.92 Å². The Morgan fingerprint density at radius 3 is 2.28 bits per heavy atom. The minimum Gasteiger partial charge on any atom is -0.493 e. The van der Waals surface area contributed by atoms with E-state index in [2.05, 4.69) is 9.69 Å². The van der Waals surface area contributed by atoms with E-state index in [0.717, 1.165) is 49.2 Å². The smallest absolute Gasteiger partial charge is 0.273 e. The molecule has 1 saturated carbocycles. The second-order valence-corrected chi connectivity index (χ2v) is 10.3. The summed E-state index contributed by atoms with van der Waals surface area (Å²) in [6.45, 7) is 1.95. The number of nitrogens with two attached hydrogens (primary N) is 2. The number of hydrogen-bond acceptors (Lipinski definition) is 8. The van der Waals surface area contributed by atoms with Crippen LogP contribution in [0.25, 0.3) is 0 Å². The Labute approximate surface area is 231 Å². The first-order chi connectivity index (χ1) is 18.7. The molecule has 1 heterocycles. The molecule has 4 rings (SSSR count). The van der Waals surface area contributed by atoms with Gasteiger partial charge in [0.15, 0.2) is 17.2 Å². The number of carbonyl (C=O) groups excluding carboxylic acids is 3. The van der Waals surface area contributed by atoms with Crippen molar-refractivity contribution in [3.8, 4) is 11.5 Å². The van der Waals surface area contributed by atoms with Gasteiger partial charge in [0, 0.05) is 17.8 Å². The number of nitrogens with zero attached hydrogens (tertiary/aromatic N) is 2. The van der Waals surface area contributed by atoms with Crippen LogP contribution in [0.5, 0.6) is 11.5 Å². The van der Waals surface area contributed by atoms with Gasteiger partial charge in [-0.15, -0.1) is 0 Å². The van der Waals surface area contributed by atoms with E-state index in [9.17, 15) is 14.4 Å². The summed E-state index contributed by atoms with van der Waals surface area (Å²) in [4.78, 5) is 41.5. The standard InChI is InChI=1S/C28H33N5O5S/c1-16-9-11-17(12-10-16)24(27(35)31-18-7-5-4-6-8-18)33(19-13-14-20(37-2)21(15-19)38-3)28(36)25-22(29)23(26(30)34)32-39-25/h9-15,18,24H,4-8,29H2,1-3H3,(H2,30,34)(H,31,35). The van der Waals surface area contributed by atoms with E-state index in [1.807, 2.05) is 31.2 Å². The molecule has 1 fully saturated rings. The van der Waals surface area contributed by atoms with Gasteiger partial charge in [0.1, 0.15) is 10.9 Å². The lowest BCUT2D eigenvalue weighted by Gasteiger charge is -2.33. The van der Waals surface area contributed by atoms with Crippen molar-refractivity contribution < 1.29 is 23.9 Å². The third kappa shape index (κ3) is 5.98. The van der Waals surface area contributed by atoms with Crippen molar-refractivity contribution in [3.05, 3.63) is 64.2 Å². The van der Waals surface area contributed by atoms with E-state index < -0.39 is 17.9 Å². The number of rotatable bonds is 9. The van der Waals surface area contributed by atoms with Gasteiger partial charge < -0.3 is 26.3 Å². The number of benzene rings is 2. The molecule has 1 atom stereocenters. The lowest BCUT2D eigenvalue weighted by molar-refractivity contribution is -0.123. The zero-order valence-electron chi connectivity index (χ0n) is 22.2. The van der Waals surface area contributed by atoms with Crippen molar-refractivity contribution in [2.24, 2.45) is 5.73 Å². The number of carbonyl (C=O) groups is 3. The fourth-order valence-corrected chi connectivity index (χ4v) is 5.53. The number of primary amides is 1. The fourth-order valence-electron chi connectivity index (χ4n) is 4.79. The molecule has 0 spiro atoms. The molecule has 0 saturated heterocycles. The Bertz CT molecular complexity index is 1350. The molecular formula is C28H33N5O5S. The first-order valence-electron chi connectivity index (χ1n) is 12.7. The van der Waals surface area contributed by atoms with Gasteiger partial charge >= 0.3 is 0 Å².